The van der Waals surface area contributed by atoms with Crippen molar-refractivity contribution < 1.29 is 13.9 Å². The summed E-state index contributed by atoms with van der Waals surface area (Å²) in [5.41, 5.74) is 1.18. The Hall–Kier alpha value is -1.62. The van der Waals surface area contributed by atoms with Gasteiger partial charge in [-0.2, -0.15) is 0 Å². The van der Waals surface area contributed by atoms with E-state index < -0.39 is 0 Å². The van der Waals surface area contributed by atoms with Gasteiger partial charge in [-0.1, -0.05) is 30.3 Å². The van der Waals surface area contributed by atoms with E-state index in [9.17, 15) is 0 Å². The summed E-state index contributed by atoms with van der Waals surface area (Å²) in [6.45, 7) is 2.74. The number of furan rings is 1. The molecule has 0 spiro atoms. The minimum absolute atomic E-state index is 0.0386. The first-order chi connectivity index (χ1) is 9.93. The van der Waals surface area contributed by atoms with Crippen molar-refractivity contribution in [2.75, 3.05) is 26.4 Å². The molecule has 0 radical (unpaired) electrons. The van der Waals surface area contributed by atoms with E-state index in [4.69, 9.17) is 13.9 Å². The molecule has 2 heterocycles. The number of benzene rings is 1. The first-order valence-corrected chi connectivity index (χ1v) is 6.94. The van der Waals surface area contributed by atoms with Crippen LogP contribution in [0.15, 0.2) is 53.1 Å². The SMILES string of the molecule is c1ccc(C(NCC2COCCO2)c2ccco2)cc1. The van der Waals surface area contributed by atoms with Crippen molar-refractivity contribution in [2.24, 2.45) is 0 Å². The highest BCUT2D eigenvalue weighted by Gasteiger charge is 2.20. The van der Waals surface area contributed by atoms with Gasteiger partial charge in [0.2, 0.25) is 0 Å². The molecule has 1 aromatic heterocycles. The maximum atomic E-state index is 5.66. The number of rotatable bonds is 5. The molecule has 4 heteroatoms. The van der Waals surface area contributed by atoms with Gasteiger partial charge in [0.25, 0.3) is 0 Å². The molecule has 3 rings (SSSR count). The van der Waals surface area contributed by atoms with Crippen molar-refractivity contribution in [3.63, 3.8) is 0 Å². The van der Waals surface area contributed by atoms with E-state index >= 15 is 0 Å². The summed E-state index contributed by atoms with van der Waals surface area (Å²) in [7, 11) is 0. The summed E-state index contributed by atoms with van der Waals surface area (Å²) in [4.78, 5) is 0. The van der Waals surface area contributed by atoms with Gasteiger partial charge >= 0.3 is 0 Å². The molecule has 0 saturated carbocycles. The standard InChI is InChI=1S/C16H19NO3/c1-2-5-13(6-3-1)16(15-7-4-8-20-15)17-11-14-12-18-9-10-19-14/h1-8,14,16-17H,9-12H2. The van der Waals surface area contributed by atoms with E-state index in [1.807, 2.05) is 30.3 Å². The fraction of sp³-hybridized carbons (Fsp3) is 0.375. The predicted octanol–water partition coefficient (Wildman–Crippen LogP) is 2.37. The van der Waals surface area contributed by atoms with E-state index in [-0.39, 0.29) is 12.1 Å². The molecular formula is C16H19NO3. The third kappa shape index (κ3) is 3.28. The van der Waals surface area contributed by atoms with Crippen LogP contribution in [-0.2, 0) is 9.47 Å². The molecule has 4 nitrogen and oxygen atoms in total. The van der Waals surface area contributed by atoms with Gasteiger partial charge in [-0.15, -0.1) is 0 Å². The monoisotopic (exact) mass is 273 g/mol. The second-order valence-electron chi connectivity index (χ2n) is 4.84. The van der Waals surface area contributed by atoms with Gasteiger partial charge in [-0.25, -0.2) is 0 Å². The van der Waals surface area contributed by atoms with Crippen molar-refractivity contribution in [3.05, 3.63) is 60.1 Å². The summed E-state index contributed by atoms with van der Waals surface area (Å²) >= 11 is 0. The lowest BCUT2D eigenvalue weighted by Gasteiger charge is -2.25. The van der Waals surface area contributed by atoms with E-state index in [1.165, 1.54) is 5.56 Å². The third-order valence-corrected chi connectivity index (χ3v) is 3.40. The molecule has 2 unspecified atom stereocenters. The van der Waals surface area contributed by atoms with Gasteiger partial charge < -0.3 is 19.2 Å². The van der Waals surface area contributed by atoms with Gasteiger partial charge in [0.05, 0.1) is 38.2 Å². The van der Waals surface area contributed by atoms with Crippen molar-refractivity contribution in [2.45, 2.75) is 12.1 Å². The van der Waals surface area contributed by atoms with E-state index in [0.717, 1.165) is 12.3 Å². The van der Waals surface area contributed by atoms with Crippen LogP contribution in [0.5, 0.6) is 0 Å². The van der Waals surface area contributed by atoms with Crippen LogP contribution in [0.3, 0.4) is 0 Å². The second kappa shape index (κ2) is 6.70. The van der Waals surface area contributed by atoms with Crippen molar-refractivity contribution in [1.29, 1.82) is 0 Å². The lowest BCUT2D eigenvalue weighted by molar-refractivity contribution is -0.0869. The van der Waals surface area contributed by atoms with E-state index in [1.54, 1.807) is 6.26 Å². The highest BCUT2D eigenvalue weighted by molar-refractivity contribution is 5.26. The zero-order valence-electron chi connectivity index (χ0n) is 11.3. The predicted molar refractivity (Wildman–Crippen MR) is 75.6 cm³/mol. The Bertz CT molecular complexity index is 492. The van der Waals surface area contributed by atoms with Gasteiger partial charge in [-0.05, 0) is 17.7 Å². The lowest BCUT2D eigenvalue weighted by Crippen LogP contribution is -2.39. The Morgan fingerprint density at radius 2 is 2.00 bits per heavy atom. The number of hydrogen-bond acceptors (Lipinski definition) is 4. The molecule has 1 fully saturated rings. The molecule has 0 amide bonds. The summed E-state index contributed by atoms with van der Waals surface area (Å²) in [5, 5.41) is 3.51. The first kappa shape index (κ1) is 13.4. The Kier molecular flexibility index (Phi) is 4.48. The minimum atomic E-state index is 0.0386. The van der Waals surface area contributed by atoms with Crippen molar-refractivity contribution >= 4 is 0 Å². The summed E-state index contributed by atoms with van der Waals surface area (Å²) in [6.07, 6.45) is 1.80. The van der Waals surface area contributed by atoms with Gasteiger partial charge in [0, 0.05) is 6.54 Å². The largest absolute Gasteiger partial charge is 0.467 e. The highest BCUT2D eigenvalue weighted by atomic mass is 16.6. The van der Waals surface area contributed by atoms with Crippen LogP contribution < -0.4 is 5.32 Å². The topological polar surface area (TPSA) is 43.6 Å². The zero-order chi connectivity index (χ0) is 13.6. The van der Waals surface area contributed by atoms with Crippen LogP contribution in [0.1, 0.15) is 17.4 Å². The maximum absolute atomic E-state index is 5.66. The molecule has 1 saturated heterocycles. The Morgan fingerprint density at radius 1 is 1.10 bits per heavy atom. The fourth-order valence-corrected chi connectivity index (χ4v) is 2.39. The molecule has 1 N–H and O–H groups in total. The Labute approximate surface area is 118 Å². The number of nitrogens with one attached hydrogen (secondary N) is 1. The van der Waals surface area contributed by atoms with Crippen LogP contribution in [0.2, 0.25) is 0 Å². The van der Waals surface area contributed by atoms with Crippen molar-refractivity contribution in [3.8, 4) is 0 Å². The van der Waals surface area contributed by atoms with Crippen LogP contribution in [0.25, 0.3) is 0 Å². The molecule has 20 heavy (non-hydrogen) atoms. The summed E-state index contributed by atoms with van der Waals surface area (Å²) < 4.78 is 16.6. The molecule has 0 aliphatic carbocycles. The molecule has 1 aliphatic rings. The highest BCUT2D eigenvalue weighted by Crippen LogP contribution is 2.22. The van der Waals surface area contributed by atoms with Gasteiger partial charge in [0.1, 0.15) is 5.76 Å². The molecule has 1 aliphatic heterocycles. The average Bonchev–Trinajstić information content (AvgIpc) is 3.04. The van der Waals surface area contributed by atoms with E-state index in [0.29, 0.717) is 19.8 Å². The fourth-order valence-electron chi connectivity index (χ4n) is 2.39. The molecule has 2 aromatic rings. The Balaban J connectivity index is 1.69. The zero-order valence-corrected chi connectivity index (χ0v) is 11.3. The van der Waals surface area contributed by atoms with E-state index in [2.05, 4.69) is 17.4 Å². The van der Waals surface area contributed by atoms with Crippen LogP contribution in [0.4, 0.5) is 0 Å². The quantitative estimate of drug-likeness (QED) is 0.908. The molecule has 0 bridgehead atoms. The average molecular weight is 273 g/mol. The van der Waals surface area contributed by atoms with Gasteiger partial charge in [-0.3, -0.25) is 0 Å². The van der Waals surface area contributed by atoms with Crippen LogP contribution >= 0.6 is 0 Å². The molecule has 1 aromatic carbocycles. The van der Waals surface area contributed by atoms with Crippen LogP contribution in [-0.4, -0.2) is 32.5 Å². The second-order valence-corrected chi connectivity index (χ2v) is 4.84. The Morgan fingerprint density at radius 3 is 2.70 bits per heavy atom. The summed E-state index contributed by atoms with van der Waals surface area (Å²) in [5.74, 6) is 0.910. The van der Waals surface area contributed by atoms with Gasteiger partial charge in [0.15, 0.2) is 0 Å². The minimum Gasteiger partial charge on any atom is -0.467 e. The first-order valence-electron chi connectivity index (χ1n) is 6.94. The van der Waals surface area contributed by atoms with Crippen molar-refractivity contribution in [1.82, 2.24) is 5.32 Å². The summed E-state index contributed by atoms with van der Waals surface area (Å²) in [6, 6.07) is 14.2. The number of hydrogen-bond donors (Lipinski definition) is 1. The molecule has 106 valence electrons. The normalized spacial score (nSPS) is 20.7. The number of ether oxygens (including phenoxy) is 2. The van der Waals surface area contributed by atoms with Crippen LogP contribution in [0, 0.1) is 0 Å². The maximum Gasteiger partial charge on any atom is 0.125 e. The molecular weight excluding hydrogens is 254 g/mol. The molecule has 2 atom stereocenters. The lowest BCUT2D eigenvalue weighted by atomic mass is 10.0. The smallest absolute Gasteiger partial charge is 0.125 e. The third-order valence-electron chi connectivity index (χ3n) is 3.40.